The van der Waals surface area contributed by atoms with Gasteiger partial charge in [0.05, 0.1) is 13.0 Å². The highest BCUT2D eigenvalue weighted by atomic mass is 35.5. The van der Waals surface area contributed by atoms with E-state index in [9.17, 15) is 22.4 Å². The fourth-order valence-electron chi connectivity index (χ4n) is 2.72. The number of hydrogen-bond acceptors (Lipinski definition) is 6. The highest BCUT2D eigenvalue weighted by Crippen LogP contribution is 2.21. The van der Waals surface area contributed by atoms with Crippen LogP contribution in [-0.4, -0.2) is 55.3 Å². The third kappa shape index (κ3) is 6.90. The Labute approximate surface area is 184 Å². The number of anilines is 1. The van der Waals surface area contributed by atoms with Gasteiger partial charge in [-0.3, -0.25) is 4.79 Å². The van der Waals surface area contributed by atoms with Gasteiger partial charge in [-0.05, 0) is 34.9 Å². The van der Waals surface area contributed by atoms with Crippen LogP contribution in [0.2, 0.25) is 5.28 Å². The fourth-order valence-corrected chi connectivity index (χ4v) is 2.90. The average molecular weight is 475 g/mol. The highest BCUT2D eigenvalue weighted by Gasteiger charge is 2.27. The lowest BCUT2D eigenvalue weighted by atomic mass is 10.1. The summed E-state index contributed by atoms with van der Waals surface area (Å²) in [6.07, 6.45) is -4.77. The molecule has 172 valence electrons. The number of nitrogens with zero attached hydrogens (tertiary/aromatic N) is 5. The van der Waals surface area contributed by atoms with E-state index < -0.39 is 25.0 Å². The van der Waals surface area contributed by atoms with Crippen LogP contribution < -0.4 is 10.6 Å². The lowest BCUT2D eigenvalue weighted by Gasteiger charge is -2.09. The van der Waals surface area contributed by atoms with Gasteiger partial charge < -0.3 is 15.6 Å². The number of carbonyl (C=O) groups is 1. The number of benzene rings is 1. The van der Waals surface area contributed by atoms with Crippen LogP contribution in [0.1, 0.15) is 34.7 Å². The van der Waals surface area contributed by atoms with E-state index in [1.54, 1.807) is 18.2 Å². The largest absolute Gasteiger partial charge is 0.390 e. The van der Waals surface area contributed by atoms with Gasteiger partial charge in [-0.1, -0.05) is 18.2 Å². The third-order valence-electron chi connectivity index (χ3n) is 4.22. The number of aromatic nitrogens is 6. The van der Waals surface area contributed by atoms with Gasteiger partial charge in [-0.2, -0.15) is 18.0 Å². The van der Waals surface area contributed by atoms with E-state index in [0.29, 0.717) is 24.4 Å². The zero-order chi connectivity index (χ0) is 23.1. The molecule has 0 spiro atoms. The van der Waals surface area contributed by atoms with Crippen molar-refractivity contribution in [3.05, 3.63) is 52.4 Å². The number of aryl methyl sites for hydroxylation is 1. The molecule has 0 unspecified atom stereocenters. The van der Waals surface area contributed by atoms with Crippen LogP contribution in [0.4, 0.5) is 23.4 Å². The predicted molar refractivity (Wildman–Crippen MR) is 107 cm³/mol. The third-order valence-corrected chi connectivity index (χ3v) is 4.40. The fraction of sp³-hybridized carbons (Fsp3) is 0.389. The Bertz CT molecular complexity index is 1050. The first-order chi connectivity index (χ1) is 15.2. The molecule has 32 heavy (non-hydrogen) atoms. The SMILES string of the molecule is O=C(NCCCn1nnc(Cc2ccccc2F)n1)c1[nH]c(Cl)nc1NCCC(F)(F)F. The molecule has 0 aliphatic rings. The molecule has 0 fully saturated rings. The van der Waals surface area contributed by atoms with Crippen molar-refractivity contribution in [3.63, 3.8) is 0 Å². The molecule has 1 amide bonds. The van der Waals surface area contributed by atoms with Gasteiger partial charge in [-0.15, -0.1) is 10.2 Å². The Morgan fingerprint density at radius 1 is 1.22 bits per heavy atom. The second-order valence-corrected chi connectivity index (χ2v) is 7.08. The number of H-pyrrole nitrogens is 1. The number of alkyl halides is 3. The molecule has 0 aliphatic heterocycles. The summed E-state index contributed by atoms with van der Waals surface area (Å²) in [5.74, 6) is -0.628. The van der Waals surface area contributed by atoms with Crippen LogP contribution in [0.25, 0.3) is 0 Å². The van der Waals surface area contributed by atoms with Crippen LogP contribution >= 0.6 is 11.6 Å². The number of imidazole rings is 1. The first kappa shape index (κ1) is 23.4. The second kappa shape index (κ2) is 10.4. The molecule has 3 rings (SSSR count). The number of halogens is 5. The summed E-state index contributed by atoms with van der Waals surface area (Å²) in [6.45, 7) is 0.116. The molecule has 0 aliphatic carbocycles. The Hall–Kier alpha value is -3.22. The molecule has 0 atom stereocenters. The predicted octanol–water partition coefficient (Wildman–Crippen LogP) is 2.96. The number of nitrogens with one attached hydrogen (secondary N) is 3. The maximum atomic E-state index is 13.7. The van der Waals surface area contributed by atoms with E-state index in [4.69, 9.17) is 11.6 Å². The van der Waals surface area contributed by atoms with E-state index >= 15 is 0 Å². The minimum absolute atomic E-state index is 0.0625. The summed E-state index contributed by atoms with van der Waals surface area (Å²) >= 11 is 5.73. The summed E-state index contributed by atoms with van der Waals surface area (Å²) in [4.78, 5) is 19.9. The zero-order valence-corrected chi connectivity index (χ0v) is 17.3. The number of tetrazole rings is 1. The van der Waals surface area contributed by atoms with Crippen LogP contribution in [0.15, 0.2) is 24.3 Å². The maximum Gasteiger partial charge on any atom is 0.390 e. The number of carbonyl (C=O) groups excluding carboxylic acids is 1. The topological polar surface area (TPSA) is 113 Å². The van der Waals surface area contributed by atoms with Crippen molar-refractivity contribution in [3.8, 4) is 0 Å². The number of hydrogen-bond donors (Lipinski definition) is 3. The minimum atomic E-state index is -4.33. The highest BCUT2D eigenvalue weighted by molar-refractivity contribution is 6.28. The maximum absolute atomic E-state index is 13.7. The van der Waals surface area contributed by atoms with Gasteiger partial charge in [-0.25, -0.2) is 9.37 Å². The van der Waals surface area contributed by atoms with Crippen molar-refractivity contribution in [2.24, 2.45) is 0 Å². The summed E-state index contributed by atoms with van der Waals surface area (Å²) in [5, 5.41) is 16.9. The van der Waals surface area contributed by atoms with Crippen molar-refractivity contribution in [1.82, 2.24) is 35.5 Å². The molecule has 1 aromatic carbocycles. The van der Waals surface area contributed by atoms with Crippen molar-refractivity contribution < 1.29 is 22.4 Å². The van der Waals surface area contributed by atoms with Gasteiger partial charge in [0.2, 0.25) is 5.28 Å². The molecule has 2 aromatic heterocycles. The Morgan fingerprint density at radius 3 is 2.75 bits per heavy atom. The Balaban J connectivity index is 1.45. The first-order valence-corrected chi connectivity index (χ1v) is 9.93. The van der Waals surface area contributed by atoms with Crippen LogP contribution in [0, 0.1) is 5.82 Å². The van der Waals surface area contributed by atoms with E-state index in [1.807, 2.05) is 0 Å². The lowest BCUT2D eigenvalue weighted by molar-refractivity contribution is -0.131. The number of aromatic amines is 1. The molecule has 9 nitrogen and oxygen atoms in total. The molecule has 0 saturated heterocycles. The second-order valence-electron chi connectivity index (χ2n) is 6.72. The Kier molecular flexibility index (Phi) is 7.62. The number of rotatable bonds is 10. The van der Waals surface area contributed by atoms with E-state index in [0.717, 1.165) is 0 Å². The van der Waals surface area contributed by atoms with E-state index in [1.165, 1.54) is 10.9 Å². The van der Waals surface area contributed by atoms with Crippen molar-refractivity contribution in [2.45, 2.75) is 32.0 Å². The van der Waals surface area contributed by atoms with Gasteiger partial charge in [0, 0.05) is 19.5 Å². The normalized spacial score (nSPS) is 11.5. The molecule has 3 N–H and O–H groups in total. The number of amides is 1. The minimum Gasteiger partial charge on any atom is -0.368 e. The van der Waals surface area contributed by atoms with Gasteiger partial charge in [0.15, 0.2) is 11.6 Å². The standard InChI is InChI=1S/C18H19ClF4N8O/c19-17-26-14(15(27-17)24-8-6-18(21,22)23)16(32)25-7-3-9-31-29-13(28-30-31)10-11-4-1-2-5-12(11)20/h1-2,4-5,24H,3,6-10H2,(H,25,32)(H,26,27). The van der Waals surface area contributed by atoms with E-state index in [-0.39, 0.29) is 35.6 Å². The molecular formula is C18H19ClF4N8O. The smallest absolute Gasteiger partial charge is 0.368 e. The molecule has 0 saturated carbocycles. The van der Waals surface area contributed by atoms with Gasteiger partial charge in [0.1, 0.15) is 11.5 Å². The summed E-state index contributed by atoms with van der Waals surface area (Å²) < 4.78 is 50.6. The van der Waals surface area contributed by atoms with Crippen molar-refractivity contribution >= 4 is 23.3 Å². The van der Waals surface area contributed by atoms with Crippen molar-refractivity contribution in [1.29, 1.82) is 0 Å². The summed E-state index contributed by atoms with van der Waals surface area (Å²) in [5.41, 5.74) is 0.389. The van der Waals surface area contributed by atoms with Crippen LogP contribution in [0.5, 0.6) is 0 Å². The zero-order valence-electron chi connectivity index (χ0n) is 16.6. The first-order valence-electron chi connectivity index (χ1n) is 9.55. The Morgan fingerprint density at radius 2 is 2.00 bits per heavy atom. The van der Waals surface area contributed by atoms with Crippen molar-refractivity contribution in [2.75, 3.05) is 18.4 Å². The quantitative estimate of drug-likeness (QED) is 0.307. The molecule has 14 heteroatoms. The monoisotopic (exact) mass is 474 g/mol. The van der Waals surface area contributed by atoms with Crippen LogP contribution in [0.3, 0.4) is 0 Å². The van der Waals surface area contributed by atoms with E-state index in [2.05, 4.69) is 36.0 Å². The molecular weight excluding hydrogens is 456 g/mol. The molecule has 2 heterocycles. The molecule has 0 radical (unpaired) electrons. The molecule has 0 bridgehead atoms. The van der Waals surface area contributed by atoms with Gasteiger partial charge >= 0.3 is 6.18 Å². The average Bonchev–Trinajstić information content (AvgIpc) is 3.32. The van der Waals surface area contributed by atoms with Crippen LogP contribution in [-0.2, 0) is 13.0 Å². The summed E-state index contributed by atoms with van der Waals surface area (Å²) in [6, 6.07) is 6.30. The lowest BCUT2D eigenvalue weighted by Crippen LogP contribution is -2.27. The van der Waals surface area contributed by atoms with Gasteiger partial charge in [0.25, 0.3) is 5.91 Å². The molecule has 3 aromatic rings. The summed E-state index contributed by atoms with van der Waals surface area (Å²) in [7, 11) is 0.